The first-order valence-corrected chi connectivity index (χ1v) is 4.98. The van der Waals surface area contributed by atoms with Gasteiger partial charge in [-0.3, -0.25) is 0 Å². The van der Waals surface area contributed by atoms with Crippen LogP contribution in [-0.4, -0.2) is 11.7 Å². The van der Waals surface area contributed by atoms with Crippen LogP contribution in [-0.2, 0) is 6.54 Å². The molecular formula is C11H18BrNO. The third-order valence-corrected chi connectivity index (χ3v) is 2.10. The first kappa shape index (κ1) is 13.6. The number of hydrogen-bond acceptors (Lipinski definition) is 1. The molecule has 1 aromatic heterocycles. The van der Waals surface area contributed by atoms with E-state index in [9.17, 15) is 0 Å². The number of aryl methyl sites for hydroxylation is 1. The lowest BCUT2D eigenvalue weighted by Crippen LogP contribution is -3.00. The normalized spacial score (nSPS) is 9.50. The molecule has 0 spiro atoms. The maximum atomic E-state index is 8.58. The number of aliphatic hydroxyl groups excluding tert-OH is 1. The van der Waals surface area contributed by atoms with E-state index in [1.54, 1.807) is 0 Å². The Morgan fingerprint density at radius 1 is 0.857 bits per heavy atom. The molecular weight excluding hydrogens is 242 g/mol. The molecule has 14 heavy (non-hydrogen) atoms. The maximum Gasteiger partial charge on any atom is 0.168 e. The van der Waals surface area contributed by atoms with Crippen molar-refractivity contribution in [3.8, 4) is 0 Å². The summed E-state index contributed by atoms with van der Waals surface area (Å²) in [6, 6.07) is 6.13. The summed E-state index contributed by atoms with van der Waals surface area (Å²) in [5.74, 6) is 0. The fourth-order valence-corrected chi connectivity index (χ4v) is 1.34. The monoisotopic (exact) mass is 259 g/mol. The third kappa shape index (κ3) is 6.11. The van der Waals surface area contributed by atoms with Crippen LogP contribution in [0.25, 0.3) is 0 Å². The molecule has 0 saturated carbocycles. The Labute approximate surface area is 96.4 Å². The highest BCUT2D eigenvalue weighted by molar-refractivity contribution is 4.83. The van der Waals surface area contributed by atoms with Gasteiger partial charge in [-0.25, -0.2) is 4.57 Å². The zero-order valence-electron chi connectivity index (χ0n) is 8.40. The Kier molecular flexibility index (Phi) is 8.89. The average molecular weight is 260 g/mol. The van der Waals surface area contributed by atoms with Gasteiger partial charge in [-0.2, -0.15) is 0 Å². The quantitative estimate of drug-likeness (QED) is 0.490. The van der Waals surface area contributed by atoms with Gasteiger partial charge in [0.15, 0.2) is 12.4 Å². The van der Waals surface area contributed by atoms with Crippen molar-refractivity contribution >= 4 is 0 Å². The minimum Gasteiger partial charge on any atom is -1.00 e. The van der Waals surface area contributed by atoms with Crippen molar-refractivity contribution in [3.05, 3.63) is 30.6 Å². The van der Waals surface area contributed by atoms with Gasteiger partial charge in [0.05, 0.1) is 0 Å². The highest BCUT2D eigenvalue weighted by atomic mass is 79.9. The van der Waals surface area contributed by atoms with Crippen LogP contribution < -0.4 is 21.5 Å². The SMILES string of the molecule is OCCCCCC[n+]1ccccc1.[Br-]. The summed E-state index contributed by atoms with van der Waals surface area (Å²) in [7, 11) is 0. The van der Waals surface area contributed by atoms with Gasteiger partial charge < -0.3 is 22.1 Å². The zero-order valence-corrected chi connectivity index (χ0v) is 9.99. The zero-order chi connectivity index (χ0) is 9.36. The van der Waals surface area contributed by atoms with Crippen LogP contribution in [0.3, 0.4) is 0 Å². The van der Waals surface area contributed by atoms with E-state index in [0.717, 1.165) is 19.4 Å². The van der Waals surface area contributed by atoms with E-state index < -0.39 is 0 Å². The number of rotatable bonds is 6. The first-order valence-electron chi connectivity index (χ1n) is 4.98. The number of halogens is 1. The van der Waals surface area contributed by atoms with Crippen LogP contribution in [0.5, 0.6) is 0 Å². The van der Waals surface area contributed by atoms with Crippen molar-refractivity contribution < 1.29 is 26.7 Å². The summed E-state index contributed by atoms with van der Waals surface area (Å²) >= 11 is 0. The molecule has 0 saturated heterocycles. The van der Waals surface area contributed by atoms with Gasteiger partial charge in [0.25, 0.3) is 0 Å². The minimum atomic E-state index is 0. The Morgan fingerprint density at radius 3 is 2.14 bits per heavy atom. The molecule has 1 rings (SSSR count). The van der Waals surface area contributed by atoms with Crippen LogP contribution in [0.15, 0.2) is 30.6 Å². The number of hydrogen-bond donors (Lipinski definition) is 1. The summed E-state index contributed by atoms with van der Waals surface area (Å²) in [4.78, 5) is 0. The Hall–Kier alpha value is -0.410. The molecule has 0 radical (unpaired) electrons. The predicted octanol–water partition coefficient (Wildman–Crippen LogP) is -1.47. The molecule has 0 atom stereocenters. The standard InChI is InChI=1S/C11H18NO.BrH/c13-11-7-2-1-4-8-12-9-5-3-6-10-12;/h3,5-6,9-10,13H,1-2,4,7-8,11H2;1H/q+1;/p-1. The maximum absolute atomic E-state index is 8.58. The molecule has 1 N–H and O–H groups in total. The topological polar surface area (TPSA) is 24.1 Å². The number of aromatic nitrogens is 1. The fourth-order valence-electron chi connectivity index (χ4n) is 1.34. The van der Waals surface area contributed by atoms with Crippen LogP contribution >= 0.6 is 0 Å². The summed E-state index contributed by atoms with van der Waals surface area (Å²) in [5.41, 5.74) is 0. The third-order valence-electron chi connectivity index (χ3n) is 2.10. The minimum absolute atomic E-state index is 0. The molecule has 1 heterocycles. The molecule has 0 aliphatic rings. The van der Waals surface area contributed by atoms with Gasteiger partial charge >= 0.3 is 0 Å². The van der Waals surface area contributed by atoms with Gasteiger partial charge in [0.2, 0.25) is 0 Å². The second kappa shape index (κ2) is 9.16. The number of pyridine rings is 1. The van der Waals surface area contributed by atoms with Gasteiger partial charge in [-0.05, 0) is 12.8 Å². The van der Waals surface area contributed by atoms with E-state index in [1.165, 1.54) is 12.8 Å². The second-order valence-electron chi connectivity index (χ2n) is 3.25. The lowest BCUT2D eigenvalue weighted by Gasteiger charge is -1.96. The van der Waals surface area contributed by atoms with Crippen LogP contribution in [0, 0.1) is 0 Å². The lowest BCUT2D eigenvalue weighted by atomic mass is 10.2. The highest BCUT2D eigenvalue weighted by Crippen LogP contribution is 1.98. The first-order chi connectivity index (χ1) is 6.43. The Balaban J connectivity index is 0.00000169. The molecule has 80 valence electrons. The van der Waals surface area contributed by atoms with Crippen molar-refractivity contribution in [1.82, 2.24) is 0 Å². The molecule has 3 heteroatoms. The van der Waals surface area contributed by atoms with Crippen molar-refractivity contribution in [3.63, 3.8) is 0 Å². The van der Waals surface area contributed by atoms with Gasteiger partial charge in [0, 0.05) is 25.2 Å². The molecule has 0 bridgehead atoms. The van der Waals surface area contributed by atoms with Crippen molar-refractivity contribution in [2.45, 2.75) is 32.2 Å². The van der Waals surface area contributed by atoms with Crippen molar-refractivity contribution in [2.75, 3.05) is 6.61 Å². The number of aliphatic hydroxyl groups is 1. The van der Waals surface area contributed by atoms with Gasteiger partial charge in [0.1, 0.15) is 6.54 Å². The summed E-state index contributed by atoms with van der Waals surface area (Å²) in [5, 5.41) is 8.58. The molecule has 2 nitrogen and oxygen atoms in total. The van der Waals surface area contributed by atoms with Gasteiger partial charge in [-0.15, -0.1) is 0 Å². The summed E-state index contributed by atoms with van der Waals surface area (Å²) < 4.78 is 2.19. The molecule has 0 aliphatic carbocycles. The van der Waals surface area contributed by atoms with Crippen LogP contribution in [0.2, 0.25) is 0 Å². The summed E-state index contributed by atoms with van der Waals surface area (Å²) in [6.07, 6.45) is 8.68. The molecule has 0 aromatic carbocycles. The smallest absolute Gasteiger partial charge is 0.168 e. The van der Waals surface area contributed by atoms with E-state index in [-0.39, 0.29) is 17.0 Å². The predicted molar refractivity (Wildman–Crippen MR) is 52.2 cm³/mol. The second-order valence-corrected chi connectivity index (χ2v) is 3.25. The highest BCUT2D eigenvalue weighted by Gasteiger charge is 1.96. The van der Waals surface area contributed by atoms with E-state index in [1.807, 2.05) is 18.2 Å². The molecule has 1 aromatic rings. The number of unbranched alkanes of at least 4 members (excludes halogenated alkanes) is 3. The van der Waals surface area contributed by atoms with Gasteiger partial charge in [-0.1, -0.05) is 12.5 Å². The van der Waals surface area contributed by atoms with Crippen LogP contribution in [0.4, 0.5) is 0 Å². The average Bonchev–Trinajstić information content (AvgIpc) is 2.19. The Bertz CT molecular complexity index is 216. The van der Waals surface area contributed by atoms with E-state index in [0.29, 0.717) is 6.61 Å². The largest absolute Gasteiger partial charge is 1.00 e. The molecule has 0 aliphatic heterocycles. The van der Waals surface area contributed by atoms with E-state index in [2.05, 4.69) is 17.0 Å². The molecule has 0 fully saturated rings. The van der Waals surface area contributed by atoms with Crippen molar-refractivity contribution in [2.24, 2.45) is 0 Å². The Morgan fingerprint density at radius 2 is 1.50 bits per heavy atom. The molecule has 0 amide bonds. The number of nitrogens with zero attached hydrogens (tertiary/aromatic N) is 1. The van der Waals surface area contributed by atoms with Crippen LogP contribution in [0.1, 0.15) is 25.7 Å². The fraction of sp³-hybridized carbons (Fsp3) is 0.545. The molecule has 0 unspecified atom stereocenters. The lowest BCUT2D eigenvalue weighted by molar-refractivity contribution is -0.697. The van der Waals surface area contributed by atoms with E-state index in [4.69, 9.17) is 5.11 Å². The summed E-state index contributed by atoms with van der Waals surface area (Å²) in [6.45, 7) is 1.42. The van der Waals surface area contributed by atoms with E-state index >= 15 is 0 Å². The van der Waals surface area contributed by atoms with Crippen molar-refractivity contribution in [1.29, 1.82) is 0 Å².